The molecule has 1 aromatic carbocycles. The van der Waals surface area contributed by atoms with E-state index in [9.17, 15) is 4.79 Å². The highest BCUT2D eigenvalue weighted by atomic mass is 35.5. The number of fused-ring (bicyclic) bond motifs is 1. The first-order valence-electron chi connectivity index (χ1n) is 7.09. The Hall–Kier alpha value is -2.60. The van der Waals surface area contributed by atoms with Gasteiger partial charge in [0.15, 0.2) is 0 Å². The van der Waals surface area contributed by atoms with E-state index in [-0.39, 0.29) is 5.02 Å². The van der Waals surface area contributed by atoms with E-state index >= 15 is 0 Å². The lowest BCUT2D eigenvalue weighted by molar-refractivity contribution is 0.981. The number of nitrogens with one attached hydrogen (secondary N) is 2. The molecule has 0 aliphatic rings. The van der Waals surface area contributed by atoms with Crippen LogP contribution in [0.5, 0.6) is 0 Å². The molecule has 0 spiro atoms. The summed E-state index contributed by atoms with van der Waals surface area (Å²) in [7, 11) is 3.90. The molecule has 0 saturated heterocycles. The number of hydrogen-bond acceptors (Lipinski definition) is 5. The molecule has 2 N–H and O–H groups in total. The van der Waals surface area contributed by atoms with E-state index in [2.05, 4.69) is 20.5 Å². The molecule has 0 aliphatic carbocycles. The molecule has 0 saturated carbocycles. The first kappa shape index (κ1) is 15.3. The summed E-state index contributed by atoms with van der Waals surface area (Å²) in [4.78, 5) is 18.1. The molecule has 3 aromatic rings. The van der Waals surface area contributed by atoms with E-state index in [1.165, 1.54) is 6.20 Å². The summed E-state index contributed by atoms with van der Waals surface area (Å²) in [6, 6.07) is 9.96. The van der Waals surface area contributed by atoms with Gasteiger partial charge in [-0.1, -0.05) is 29.8 Å². The summed E-state index contributed by atoms with van der Waals surface area (Å²) in [5.41, 5.74) is 2.08. The number of H-pyrrole nitrogens is 1. The Morgan fingerprint density at radius 2 is 2.09 bits per heavy atom. The fraction of sp³-hybridized carbons (Fsp3) is 0.188. The maximum atomic E-state index is 11.5. The van der Waals surface area contributed by atoms with Gasteiger partial charge in [-0.15, -0.1) is 0 Å². The summed E-state index contributed by atoms with van der Waals surface area (Å²) < 4.78 is 0. The number of rotatable bonds is 4. The van der Waals surface area contributed by atoms with Crippen molar-refractivity contribution in [2.45, 2.75) is 6.54 Å². The molecular weight excluding hydrogens is 314 g/mol. The molecule has 0 bridgehead atoms. The number of nitrogens with zero attached hydrogens (tertiary/aromatic N) is 3. The van der Waals surface area contributed by atoms with Gasteiger partial charge in [0.2, 0.25) is 0 Å². The highest BCUT2D eigenvalue weighted by molar-refractivity contribution is 6.32. The molecule has 0 atom stereocenters. The number of para-hydroxylation sites is 1. The molecule has 23 heavy (non-hydrogen) atoms. The van der Waals surface area contributed by atoms with Crippen LogP contribution in [0.1, 0.15) is 5.56 Å². The second-order valence-electron chi connectivity index (χ2n) is 5.33. The smallest absolute Gasteiger partial charge is 0.285 e. The molecule has 0 fully saturated rings. The van der Waals surface area contributed by atoms with E-state index in [1.807, 2.05) is 49.3 Å². The normalized spacial score (nSPS) is 10.7. The minimum absolute atomic E-state index is 0.103. The van der Waals surface area contributed by atoms with Crippen LogP contribution in [0.15, 0.2) is 41.3 Å². The van der Waals surface area contributed by atoms with Gasteiger partial charge in [-0.25, -0.2) is 10.1 Å². The maximum Gasteiger partial charge on any atom is 0.285 e. The van der Waals surface area contributed by atoms with Crippen LogP contribution in [-0.2, 0) is 6.54 Å². The Bertz CT molecular complexity index is 906. The summed E-state index contributed by atoms with van der Waals surface area (Å²) in [6.07, 6.45) is 1.50. The molecule has 0 unspecified atom stereocenters. The van der Waals surface area contributed by atoms with Crippen LogP contribution in [-0.4, -0.2) is 29.3 Å². The molecule has 2 heterocycles. The molecular formula is C16H16ClN5O. The average Bonchev–Trinajstić information content (AvgIpc) is 2.55. The zero-order valence-electron chi connectivity index (χ0n) is 12.8. The summed E-state index contributed by atoms with van der Waals surface area (Å²) in [5, 5.41) is 10.4. The van der Waals surface area contributed by atoms with Crippen LogP contribution in [0, 0.1) is 0 Å². The number of aromatic amines is 1. The molecule has 2 aromatic heterocycles. The van der Waals surface area contributed by atoms with Gasteiger partial charge in [-0.3, -0.25) is 4.79 Å². The second-order valence-corrected chi connectivity index (χ2v) is 5.71. The standard InChI is InChI=1S/C16H16ClN5O/c1-22(2)14-7-10(11-5-3-4-6-12(11)20-14)8-18-13-9-19-21-16(23)15(13)17/h3-7,9H,8H2,1-2H3,(H2,18,21,23). The third-order valence-corrected chi connectivity index (χ3v) is 3.89. The fourth-order valence-electron chi connectivity index (χ4n) is 2.30. The van der Waals surface area contributed by atoms with Crippen molar-refractivity contribution in [3.05, 3.63) is 57.5 Å². The van der Waals surface area contributed by atoms with Crippen molar-refractivity contribution >= 4 is 34.0 Å². The number of hydrogen-bond donors (Lipinski definition) is 2. The maximum absolute atomic E-state index is 11.5. The van der Waals surface area contributed by atoms with E-state index in [0.29, 0.717) is 12.2 Å². The SMILES string of the molecule is CN(C)c1cc(CNc2cn[nH]c(=O)c2Cl)c2ccccc2n1. The summed E-state index contributed by atoms with van der Waals surface area (Å²) in [5.74, 6) is 0.871. The van der Waals surface area contributed by atoms with Crippen LogP contribution < -0.4 is 15.8 Å². The van der Waals surface area contributed by atoms with E-state index in [0.717, 1.165) is 22.3 Å². The predicted octanol–water partition coefficient (Wildman–Crippen LogP) is 2.65. The van der Waals surface area contributed by atoms with Crippen molar-refractivity contribution in [3.8, 4) is 0 Å². The fourth-order valence-corrected chi connectivity index (χ4v) is 2.46. The summed E-state index contributed by atoms with van der Waals surface area (Å²) in [6.45, 7) is 0.509. The van der Waals surface area contributed by atoms with E-state index in [4.69, 9.17) is 11.6 Å². The minimum atomic E-state index is -0.412. The minimum Gasteiger partial charge on any atom is -0.378 e. The first-order chi connectivity index (χ1) is 11.1. The third-order valence-electron chi connectivity index (χ3n) is 3.51. The topological polar surface area (TPSA) is 73.9 Å². The van der Waals surface area contributed by atoms with Crippen molar-refractivity contribution in [1.29, 1.82) is 0 Å². The zero-order chi connectivity index (χ0) is 16.4. The van der Waals surface area contributed by atoms with Crippen molar-refractivity contribution in [3.63, 3.8) is 0 Å². The van der Waals surface area contributed by atoms with Crippen LogP contribution in [0.2, 0.25) is 5.02 Å². The van der Waals surface area contributed by atoms with Crippen molar-refractivity contribution in [2.24, 2.45) is 0 Å². The molecule has 7 heteroatoms. The second kappa shape index (κ2) is 6.26. The molecule has 118 valence electrons. The predicted molar refractivity (Wildman–Crippen MR) is 93.3 cm³/mol. The van der Waals surface area contributed by atoms with E-state index in [1.54, 1.807) is 0 Å². The number of pyridine rings is 1. The molecule has 6 nitrogen and oxygen atoms in total. The highest BCUT2D eigenvalue weighted by Crippen LogP contribution is 2.24. The van der Waals surface area contributed by atoms with Crippen LogP contribution in [0.4, 0.5) is 11.5 Å². The lowest BCUT2D eigenvalue weighted by atomic mass is 10.1. The lowest BCUT2D eigenvalue weighted by Crippen LogP contribution is -2.13. The molecule has 0 amide bonds. The molecule has 3 rings (SSSR count). The summed E-state index contributed by atoms with van der Waals surface area (Å²) >= 11 is 5.99. The van der Waals surface area contributed by atoms with Crippen LogP contribution in [0.25, 0.3) is 10.9 Å². The average molecular weight is 330 g/mol. The van der Waals surface area contributed by atoms with Gasteiger partial charge < -0.3 is 10.2 Å². The first-order valence-corrected chi connectivity index (χ1v) is 7.47. The molecule has 0 aliphatic heterocycles. The number of benzene rings is 1. The van der Waals surface area contributed by atoms with Gasteiger partial charge in [-0.2, -0.15) is 5.10 Å². The van der Waals surface area contributed by atoms with Crippen molar-refractivity contribution in [1.82, 2.24) is 15.2 Å². The Kier molecular flexibility index (Phi) is 4.16. The van der Waals surface area contributed by atoms with Gasteiger partial charge in [-0.05, 0) is 17.7 Å². The quantitative estimate of drug-likeness (QED) is 0.769. The Morgan fingerprint density at radius 1 is 1.30 bits per heavy atom. The monoisotopic (exact) mass is 329 g/mol. The van der Waals surface area contributed by atoms with Crippen LogP contribution in [0.3, 0.4) is 0 Å². The van der Waals surface area contributed by atoms with Gasteiger partial charge in [0.05, 0.1) is 17.4 Å². The van der Waals surface area contributed by atoms with Crippen molar-refractivity contribution in [2.75, 3.05) is 24.3 Å². The van der Waals surface area contributed by atoms with E-state index < -0.39 is 5.56 Å². The lowest BCUT2D eigenvalue weighted by Gasteiger charge is -2.16. The molecule has 0 radical (unpaired) electrons. The Labute approximate surface area is 138 Å². The van der Waals surface area contributed by atoms with Crippen LogP contribution >= 0.6 is 11.6 Å². The van der Waals surface area contributed by atoms with Gasteiger partial charge in [0.25, 0.3) is 5.56 Å². The Balaban J connectivity index is 1.98. The van der Waals surface area contributed by atoms with Gasteiger partial charge >= 0.3 is 0 Å². The Morgan fingerprint density at radius 3 is 2.87 bits per heavy atom. The van der Waals surface area contributed by atoms with Gasteiger partial charge in [0.1, 0.15) is 10.8 Å². The van der Waals surface area contributed by atoms with Crippen molar-refractivity contribution < 1.29 is 0 Å². The number of anilines is 2. The largest absolute Gasteiger partial charge is 0.378 e. The van der Waals surface area contributed by atoms with Gasteiger partial charge in [0, 0.05) is 26.0 Å². The third kappa shape index (κ3) is 3.12. The zero-order valence-corrected chi connectivity index (χ0v) is 13.6. The highest BCUT2D eigenvalue weighted by Gasteiger charge is 2.09. The number of halogens is 1. The number of aromatic nitrogens is 3.